The lowest BCUT2D eigenvalue weighted by molar-refractivity contribution is -0.384. The summed E-state index contributed by atoms with van der Waals surface area (Å²) in [6.07, 6.45) is 4.93. The first-order valence-electron chi connectivity index (χ1n) is 8.51. The highest BCUT2D eigenvalue weighted by Gasteiger charge is 2.60. The highest BCUT2D eigenvalue weighted by Crippen LogP contribution is 2.62. The zero-order chi connectivity index (χ0) is 16.9. The molecule has 4 fully saturated rings. The molecule has 0 aliphatic heterocycles. The van der Waals surface area contributed by atoms with Gasteiger partial charge in [-0.1, -0.05) is 0 Å². The van der Waals surface area contributed by atoms with Crippen LogP contribution in [0.1, 0.15) is 44.1 Å². The fourth-order valence-corrected chi connectivity index (χ4v) is 5.47. The largest absolute Gasteiger partial charge is 0.460 e. The molecule has 0 amide bonds. The molecule has 4 saturated carbocycles. The Morgan fingerprint density at radius 1 is 1.21 bits per heavy atom. The molecule has 4 bridgehead atoms. The Bertz CT molecular complexity index is 669. The van der Waals surface area contributed by atoms with Gasteiger partial charge in [-0.05, 0) is 68.1 Å². The first-order chi connectivity index (χ1) is 11.4. The fourth-order valence-electron chi connectivity index (χ4n) is 5.47. The molecule has 5 rings (SSSR count). The number of carbonyl (C=O) groups excluding carboxylic acids is 1. The van der Waals surface area contributed by atoms with Gasteiger partial charge in [-0.3, -0.25) is 14.9 Å². The second-order valence-electron chi connectivity index (χ2n) is 7.97. The van der Waals surface area contributed by atoms with Crippen molar-refractivity contribution in [2.75, 3.05) is 0 Å². The summed E-state index contributed by atoms with van der Waals surface area (Å²) in [6.45, 7) is 0.117. The Labute approximate surface area is 140 Å². The first-order valence-corrected chi connectivity index (χ1v) is 8.51. The van der Waals surface area contributed by atoms with Crippen LogP contribution in [-0.2, 0) is 16.1 Å². The summed E-state index contributed by atoms with van der Waals surface area (Å²) < 4.78 is 5.54. The molecule has 1 aromatic carbocycles. The lowest BCUT2D eigenvalue weighted by Gasteiger charge is -2.58. The Hall–Kier alpha value is -1.95. The van der Waals surface area contributed by atoms with E-state index in [-0.39, 0.29) is 18.3 Å². The normalized spacial score (nSPS) is 36.5. The van der Waals surface area contributed by atoms with Gasteiger partial charge in [0.25, 0.3) is 5.69 Å². The van der Waals surface area contributed by atoms with Crippen LogP contribution in [0.15, 0.2) is 24.3 Å². The zero-order valence-electron chi connectivity index (χ0n) is 13.4. The highest BCUT2D eigenvalue weighted by atomic mass is 16.6. The van der Waals surface area contributed by atoms with E-state index in [0.29, 0.717) is 18.3 Å². The van der Waals surface area contributed by atoms with Crippen molar-refractivity contribution in [3.63, 3.8) is 0 Å². The number of non-ortho nitro benzene ring substituents is 1. The molecule has 2 unspecified atom stereocenters. The van der Waals surface area contributed by atoms with Crippen LogP contribution in [0, 0.1) is 27.4 Å². The number of esters is 1. The van der Waals surface area contributed by atoms with Gasteiger partial charge in [0.15, 0.2) is 0 Å². The SMILES string of the molecule is O=C(OCc1ccc([N+](=O)[O-])cc1)C12C[C@@H]3C[C@@H](CC(O)(C3)C1)C2. The quantitative estimate of drug-likeness (QED) is 0.520. The van der Waals surface area contributed by atoms with Gasteiger partial charge in [-0.15, -0.1) is 0 Å². The summed E-state index contributed by atoms with van der Waals surface area (Å²) in [5, 5.41) is 21.4. The predicted molar refractivity (Wildman–Crippen MR) is 85.0 cm³/mol. The topological polar surface area (TPSA) is 89.7 Å². The van der Waals surface area contributed by atoms with Gasteiger partial charge < -0.3 is 9.84 Å². The maximum atomic E-state index is 12.7. The molecule has 4 aliphatic rings. The van der Waals surface area contributed by atoms with E-state index in [0.717, 1.165) is 37.7 Å². The second kappa shape index (κ2) is 5.28. The van der Waals surface area contributed by atoms with Crippen LogP contribution in [0.4, 0.5) is 5.69 Å². The van der Waals surface area contributed by atoms with Crippen LogP contribution in [0.2, 0.25) is 0 Å². The molecule has 1 N–H and O–H groups in total. The number of rotatable bonds is 4. The molecular formula is C18H21NO5. The van der Waals surface area contributed by atoms with Gasteiger partial charge in [0.1, 0.15) is 6.61 Å². The first kappa shape index (κ1) is 15.6. The van der Waals surface area contributed by atoms with Gasteiger partial charge in [-0.25, -0.2) is 0 Å². The molecule has 6 heteroatoms. The van der Waals surface area contributed by atoms with E-state index in [2.05, 4.69) is 0 Å². The lowest BCUT2D eigenvalue weighted by Crippen LogP contribution is -2.58. The number of benzene rings is 1. The minimum absolute atomic E-state index is 0.0217. The van der Waals surface area contributed by atoms with Crippen LogP contribution < -0.4 is 0 Å². The molecule has 24 heavy (non-hydrogen) atoms. The van der Waals surface area contributed by atoms with Crippen LogP contribution >= 0.6 is 0 Å². The summed E-state index contributed by atoms with van der Waals surface area (Å²) in [5.74, 6) is 0.653. The van der Waals surface area contributed by atoms with Gasteiger partial charge in [-0.2, -0.15) is 0 Å². The fraction of sp³-hybridized carbons (Fsp3) is 0.611. The average Bonchev–Trinajstić information content (AvgIpc) is 2.50. The highest BCUT2D eigenvalue weighted by molar-refractivity contribution is 5.77. The van der Waals surface area contributed by atoms with E-state index in [9.17, 15) is 20.0 Å². The molecule has 4 aliphatic carbocycles. The number of carbonyl (C=O) groups is 1. The number of hydrogen-bond acceptors (Lipinski definition) is 5. The number of nitrogens with zero attached hydrogens (tertiary/aromatic N) is 1. The van der Waals surface area contributed by atoms with Crippen molar-refractivity contribution in [3.8, 4) is 0 Å². The van der Waals surface area contributed by atoms with Crippen LogP contribution in [0.5, 0.6) is 0 Å². The molecule has 0 radical (unpaired) electrons. The maximum absolute atomic E-state index is 12.7. The van der Waals surface area contributed by atoms with Crippen molar-refractivity contribution < 1.29 is 19.6 Å². The molecule has 0 aromatic heterocycles. The third-order valence-electron chi connectivity index (χ3n) is 5.98. The third kappa shape index (κ3) is 2.59. The number of ether oxygens (including phenoxy) is 1. The van der Waals surface area contributed by atoms with Gasteiger partial charge >= 0.3 is 5.97 Å². The molecular weight excluding hydrogens is 310 g/mol. The summed E-state index contributed by atoms with van der Waals surface area (Å²) >= 11 is 0. The molecule has 1 aromatic rings. The standard InChI is InChI=1S/C18H21NO5/c20-16(24-10-12-1-3-15(4-2-12)19(22)23)17-6-13-5-14(7-17)9-18(21,8-13)11-17/h1-4,13-14,21H,5-11H2/t13-,14+,17?,18?. The van der Waals surface area contributed by atoms with Crippen molar-refractivity contribution in [2.45, 2.75) is 50.7 Å². The van der Waals surface area contributed by atoms with Crippen molar-refractivity contribution in [1.29, 1.82) is 0 Å². The van der Waals surface area contributed by atoms with Crippen LogP contribution in [0.25, 0.3) is 0 Å². The molecule has 6 nitrogen and oxygen atoms in total. The number of nitro benzene ring substituents is 1. The van der Waals surface area contributed by atoms with E-state index < -0.39 is 15.9 Å². The van der Waals surface area contributed by atoms with E-state index in [1.807, 2.05) is 0 Å². The summed E-state index contributed by atoms with van der Waals surface area (Å²) in [5.41, 5.74) is -0.457. The summed E-state index contributed by atoms with van der Waals surface area (Å²) in [4.78, 5) is 23.0. The monoisotopic (exact) mass is 331 g/mol. The second-order valence-corrected chi connectivity index (χ2v) is 7.97. The van der Waals surface area contributed by atoms with E-state index >= 15 is 0 Å². The van der Waals surface area contributed by atoms with Crippen molar-refractivity contribution in [2.24, 2.45) is 17.3 Å². The van der Waals surface area contributed by atoms with E-state index in [4.69, 9.17) is 4.74 Å². The van der Waals surface area contributed by atoms with Gasteiger partial charge in [0.05, 0.1) is 15.9 Å². The Kier molecular flexibility index (Phi) is 3.42. The Balaban J connectivity index is 1.44. The van der Waals surface area contributed by atoms with Gasteiger partial charge in [0, 0.05) is 12.1 Å². The minimum Gasteiger partial charge on any atom is -0.460 e. The lowest BCUT2D eigenvalue weighted by atomic mass is 9.48. The van der Waals surface area contributed by atoms with E-state index in [1.165, 1.54) is 12.1 Å². The molecule has 4 atom stereocenters. The average molecular weight is 331 g/mol. The van der Waals surface area contributed by atoms with Crippen LogP contribution in [0.3, 0.4) is 0 Å². The minimum atomic E-state index is -0.684. The molecule has 0 heterocycles. The molecule has 0 saturated heterocycles. The van der Waals surface area contributed by atoms with Crippen LogP contribution in [-0.4, -0.2) is 21.6 Å². The summed E-state index contributed by atoms with van der Waals surface area (Å²) in [6, 6.07) is 6.05. The van der Waals surface area contributed by atoms with Crippen molar-refractivity contribution in [3.05, 3.63) is 39.9 Å². The summed E-state index contributed by atoms with van der Waals surface area (Å²) in [7, 11) is 0. The zero-order valence-corrected chi connectivity index (χ0v) is 13.4. The molecule has 128 valence electrons. The number of aliphatic hydroxyl groups is 1. The van der Waals surface area contributed by atoms with Gasteiger partial charge in [0.2, 0.25) is 0 Å². The Morgan fingerprint density at radius 3 is 2.38 bits per heavy atom. The van der Waals surface area contributed by atoms with E-state index in [1.54, 1.807) is 12.1 Å². The third-order valence-corrected chi connectivity index (χ3v) is 5.98. The predicted octanol–water partition coefficient (Wildman–Crippen LogP) is 2.97. The van der Waals surface area contributed by atoms with Crippen molar-refractivity contribution >= 4 is 11.7 Å². The number of nitro groups is 1. The Morgan fingerprint density at radius 2 is 1.83 bits per heavy atom. The molecule has 0 spiro atoms. The smallest absolute Gasteiger partial charge is 0.312 e. The maximum Gasteiger partial charge on any atom is 0.312 e. The number of hydrogen-bond donors (Lipinski definition) is 1. The van der Waals surface area contributed by atoms with Crippen molar-refractivity contribution in [1.82, 2.24) is 0 Å².